The summed E-state index contributed by atoms with van der Waals surface area (Å²) in [7, 11) is 0. The smallest absolute Gasteiger partial charge is 0.276 e. The highest BCUT2D eigenvalue weighted by Gasteiger charge is 2.13. The summed E-state index contributed by atoms with van der Waals surface area (Å²) in [6, 6.07) is 7.19. The molecule has 0 saturated carbocycles. The zero-order valence-electron chi connectivity index (χ0n) is 9.41. The number of hydrogen-bond acceptors (Lipinski definition) is 6. The number of furan rings is 1. The average molecular weight is 242 g/mol. The molecule has 3 aromatic heterocycles. The van der Waals surface area contributed by atoms with E-state index in [1.165, 1.54) is 0 Å². The van der Waals surface area contributed by atoms with Gasteiger partial charge in [-0.25, -0.2) is 0 Å². The Morgan fingerprint density at radius 2 is 2.17 bits per heavy atom. The number of nitrogens with two attached hydrogens (primary N) is 1. The van der Waals surface area contributed by atoms with Crippen LogP contribution in [0.15, 0.2) is 45.7 Å². The van der Waals surface area contributed by atoms with Crippen LogP contribution in [-0.4, -0.2) is 15.1 Å². The molecule has 3 rings (SSSR count). The van der Waals surface area contributed by atoms with Crippen LogP contribution in [0.25, 0.3) is 23.2 Å². The lowest BCUT2D eigenvalue weighted by molar-refractivity contribution is 0.428. The SMILES string of the molecule is NCc1ccc(-c2nc(-c3ccco3)no2)nc1. The third-order valence-corrected chi connectivity index (χ3v) is 2.45. The molecule has 0 unspecified atom stereocenters. The maximum Gasteiger partial charge on any atom is 0.276 e. The molecule has 0 aliphatic carbocycles. The van der Waals surface area contributed by atoms with Gasteiger partial charge in [0.05, 0.1) is 6.26 Å². The van der Waals surface area contributed by atoms with E-state index in [-0.39, 0.29) is 0 Å². The van der Waals surface area contributed by atoms with Gasteiger partial charge < -0.3 is 14.7 Å². The van der Waals surface area contributed by atoms with Crippen molar-refractivity contribution in [3.63, 3.8) is 0 Å². The Hall–Kier alpha value is -2.47. The van der Waals surface area contributed by atoms with E-state index in [2.05, 4.69) is 15.1 Å². The highest BCUT2D eigenvalue weighted by atomic mass is 16.5. The van der Waals surface area contributed by atoms with Gasteiger partial charge in [0, 0.05) is 12.7 Å². The molecule has 6 heteroatoms. The first kappa shape index (κ1) is 10.7. The molecule has 90 valence electrons. The largest absolute Gasteiger partial charge is 0.461 e. The Bertz CT molecular complexity index is 628. The van der Waals surface area contributed by atoms with E-state index in [1.807, 2.05) is 6.07 Å². The van der Waals surface area contributed by atoms with Crippen molar-refractivity contribution in [2.45, 2.75) is 6.54 Å². The Balaban J connectivity index is 1.92. The Morgan fingerprint density at radius 1 is 1.22 bits per heavy atom. The summed E-state index contributed by atoms with van der Waals surface area (Å²) in [6.45, 7) is 0.453. The van der Waals surface area contributed by atoms with Crippen LogP contribution in [0.1, 0.15) is 5.56 Å². The van der Waals surface area contributed by atoms with Crippen LogP contribution in [0.2, 0.25) is 0 Å². The normalized spacial score (nSPS) is 10.7. The predicted molar refractivity (Wildman–Crippen MR) is 63.1 cm³/mol. The number of aromatic nitrogens is 3. The molecule has 3 aromatic rings. The van der Waals surface area contributed by atoms with Gasteiger partial charge in [0.2, 0.25) is 5.82 Å². The first-order valence-corrected chi connectivity index (χ1v) is 5.40. The molecule has 3 heterocycles. The molecular weight excluding hydrogens is 232 g/mol. The molecule has 0 radical (unpaired) electrons. The van der Waals surface area contributed by atoms with Gasteiger partial charge in [0.1, 0.15) is 5.69 Å². The molecule has 6 nitrogen and oxygen atoms in total. The molecule has 0 amide bonds. The highest BCUT2D eigenvalue weighted by Crippen LogP contribution is 2.20. The van der Waals surface area contributed by atoms with Crippen molar-refractivity contribution < 1.29 is 8.94 Å². The monoisotopic (exact) mass is 242 g/mol. The van der Waals surface area contributed by atoms with E-state index in [0.717, 1.165) is 5.56 Å². The van der Waals surface area contributed by atoms with Gasteiger partial charge >= 0.3 is 0 Å². The highest BCUT2D eigenvalue weighted by molar-refractivity contribution is 5.52. The number of nitrogens with zero attached hydrogens (tertiary/aromatic N) is 3. The van der Waals surface area contributed by atoms with Crippen molar-refractivity contribution in [3.8, 4) is 23.2 Å². The molecule has 0 fully saturated rings. The molecule has 0 aliphatic heterocycles. The van der Waals surface area contributed by atoms with E-state index in [4.69, 9.17) is 14.7 Å². The summed E-state index contributed by atoms with van der Waals surface area (Å²) < 4.78 is 10.3. The van der Waals surface area contributed by atoms with Crippen molar-refractivity contribution in [2.24, 2.45) is 5.73 Å². The predicted octanol–water partition coefficient (Wildman–Crippen LogP) is 1.85. The van der Waals surface area contributed by atoms with Crippen molar-refractivity contribution >= 4 is 0 Å². The first-order valence-electron chi connectivity index (χ1n) is 5.40. The second-order valence-electron chi connectivity index (χ2n) is 3.66. The standard InChI is InChI=1S/C12H10N4O2/c13-6-8-3-4-9(14-7-8)12-15-11(16-18-12)10-2-1-5-17-10/h1-5,7H,6,13H2. The van der Waals surface area contributed by atoms with Gasteiger partial charge in [-0.1, -0.05) is 11.2 Å². The van der Waals surface area contributed by atoms with Crippen LogP contribution < -0.4 is 5.73 Å². The van der Waals surface area contributed by atoms with Crippen molar-refractivity contribution in [1.29, 1.82) is 0 Å². The van der Waals surface area contributed by atoms with Crippen LogP contribution in [0.4, 0.5) is 0 Å². The zero-order valence-corrected chi connectivity index (χ0v) is 9.41. The third-order valence-electron chi connectivity index (χ3n) is 2.45. The fourth-order valence-electron chi connectivity index (χ4n) is 1.51. The topological polar surface area (TPSA) is 91.0 Å². The summed E-state index contributed by atoms with van der Waals surface area (Å²) in [5.74, 6) is 1.31. The first-order chi connectivity index (χ1) is 8.86. The lowest BCUT2D eigenvalue weighted by Crippen LogP contribution is -1.96. The molecule has 0 aromatic carbocycles. The van der Waals surface area contributed by atoms with Crippen LogP contribution in [0.5, 0.6) is 0 Å². The minimum atomic E-state index is 0.352. The summed E-state index contributed by atoms with van der Waals surface area (Å²) in [6.07, 6.45) is 3.24. The van der Waals surface area contributed by atoms with Gasteiger partial charge in [-0.3, -0.25) is 4.98 Å². The second-order valence-corrected chi connectivity index (χ2v) is 3.66. The fourth-order valence-corrected chi connectivity index (χ4v) is 1.51. The van der Waals surface area contributed by atoms with Crippen molar-refractivity contribution in [3.05, 3.63) is 42.3 Å². The molecule has 18 heavy (non-hydrogen) atoms. The van der Waals surface area contributed by atoms with Crippen molar-refractivity contribution in [1.82, 2.24) is 15.1 Å². The Kier molecular flexibility index (Phi) is 2.62. The van der Waals surface area contributed by atoms with Crippen molar-refractivity contribution in [2.75, 3.05) is 0 Å². The van der Waals surface area contributed by atoms with Gasteiger partial charge in [0.15, 0.2) is 5.76 Å². The minimum absolute atomic E-state index is 0.352. The van der Waals surface area contributed by atoms with Crippen LogP contribution in [0, 0.1) is 0 Å². The van der Waals surface area contributed by atoms with E-state index in [1.54, 1.807) is 30.7 Å². The summed E-state index contributed by atoms with van der Waals surface area (Å²) in [5.41, 5.74) is 7.06. The number of hydrogen-bond donors (Lipinski definition) is 1. The quantitative estimate of drug-likeness (QED) is 0.753. The average Bonchev–Trinajstić information content (AvgIpc) is 3.09. The number of rotatable bonds is 3. The third kappa shape index (κ3) is 1.89. The molecular formula is C12H10N4O2. The van der Waals surface area contributed by atoms with E-state index in [9.17, 15) is 0 Å². The summed E-state index contributed by atoms with van der Waals surface area (Å²) in [5, 5.41) is 3.83. The molecule has 0 saturated heterocycles. The Labute approximate surface area is 102 Å². The molecule has 0 bridgehead atoms. The van der Waals surface area contributed by atoms with Gasteiger partial charge in [-0.15, -0.1) is 0 Å². The number of pyridine rings is 1. The Morgan fingerprint density at radius 3 is 2.83 bits per heavy atom. The van der Waals surface area contributed by atoms with Crippen LogP contribution in [-0.2, 0) is 6.54 Å². The van der Waals surface area contributed by atoms with Gasteiger partial charge in [-0.2, -0.15) is 4.98 Å². The summed E-state index contributed by atoms with van der Waals surface area (Å²) in [4.78, 5) is 8.42. The minimum Gasteiger partial charge on any atom is -0.461 e. The zero-order chi connectivity index (χ0) is 12.4. The van der Waals surface area contributed by atoms with Crippen LogP contribution in [0.3, 0.4) is 0 Å². The van der Waals surface area contributed by atoms with E-state index < -0.39 is 0 Å². The van der Waals surface area contributed by atoms with Gasteiger partial charge in [-0.05, 0) is 23.8 Å². The lowest BCUT2D eigenvalue weighted by Gasteiger charge is -1.96. The van der Waals surface area contributed by atoms with E-state index in [0.29, 0.717) is 29.7 Å². The lowest BCUT2D eigenvalue weighted by atomic mass is 10.2. The molecule has 0 aliphatic rings. The molecule has 2 N–H and O–H groups in total. The summed E-state index contributed by atoms with van der Waals surface area (Å²) >= 11 is 0. The van der Waals surface area contributed by atoms with Gasteiger partial charge in [0.25, 0.3) is 5.89 Å². The van der Waals surface area contributed by atoms with E-state index >= 15 is 0 Å². The van der Waals surface area contributed by atoms with Crippen LogP contribution >= 0.6 is 0 Å². The molecule has 0 spiro atoms. The molecule has 0 atom stereocenters. The maximum absolute atomic E-state index is 5.50. The second kappa shape index (κ2) is 4.42. The maximum atomic E-state index is 5.50. The fraction of sp³-hybridized carbons (Fsp3) is 0.0833.